The van der Waals surface area contributed by atoms with Gasteiger partial charge in [0.2, 0.25) is 0 Å². The number of halogens is 1. The van der Waals surface area contributed by atoms with Gasteiger partial charge in [-0.2, -0.15) is 0 Å². The average molecular weight is 305 g/mol. The number of thiazole rings is 1. The quantitative estimate of drug-likeness (QED) is 0.720. The fraction of sp³-hybridized carbons (Fsp3) is 0.200. The predicted molar refractivity (Wildman–Crippen MR) is 83.1 cm³/mol. The molecule has 0 amide bonds. The van der Waals surface area contributed by atoms with Crippen molar-refractivity contribution in [2.45, 2.75) is 19.4 Å². The lowest BCUT2D eigenvalue weighted by atomic mass is 9.97. The van der Waals surface area contributed by atoms with Crippen molar-refractivity contribution in [3.05, 3.63) is 47.2 Å². The Bertz CT molecular complexity index is 777. The highest BCUT2D eigenvalue weighted by molar-refractivity contribution is 7.21. The van der Waals surface area contributed by atoms with Gasteiger partial charge in [0.15, 0.2) is 0 Å². The van der Waals surface area contributed by atoms with E-state index in [1.54, 1.807) is 37.4 Å². The second-order valence-corrected chi connectivity index (χ2v) is 6.55. The van der Waals surface area contributed by atoms with Crippen LogP contribution in [0, 0.1) is 0 Å². The topological polar surface area (TPSA) is 46.0 Å². The van der Waals surface area contributed by atoms with Gasteiger partial charge in [-0.25, -0.2) is 9.97 Å². The highest BCUT2D eigenvalue weighted by Gasteiger charge is 2.17. The van der Waals surface area contributed by atoms with Crippen LogP contribution in [0.4, 0.5) is 0 Å². The molecule has 3 rings (SSSR count). The summed E-state index contributed by atoms with van der Waals surface area (Å²) in [6, 6.07) is 9.56. The van der Waals surface area contributed by atoms with Crippen LogP contribution in [0.15, 0.2) is 36.5 Å². The van der Waals surface area contributed by atoms with Gasteiger partial charge < -0.3 is 5.11 Å². The maximum atomic E-state index is 10.1. The Balaban J connectivity index is 2.11. The molecule has 20 heavy (non-hydrogen) atoms. The first-order chi connectivity index (χ1) is 9.43. The van der Waals surface area contributed by atoms with Gasteiger partial charge in [0.1, 0.15) is 10.2 Å². The van der Waals surface area contributed by atoms with E-state index in [9.17, 15) is 5.11 Å². The Kier molecular flexibility index (Phi) is 3.24. The Morgan fingerprint density at radius 2 is 2.05 bits per heavy atom. The molecule has 0 saturated carbocycles. The number of aliphatic hydroxyl groups is 1. The van der Waals surface area contributed by atoms with Crippen LogP contribution in [0.3, 0.4) is 0 Å². The zero-order valence-corrected chi connectivity index (χ0v) is 12.7. The second kappa shape index (κ2) is 4.81. The lowest BCUT2D eigenvalue weighted by molar-refractivity contribution is 0.0786. The first kappa shape index (κ1) is 13.5. The Hall–Kier alpha value is -1.49. The number of pyridine rings is 1. The Labute approximate surface area is 125 Å². The van der Waals surface area contributed by atoms with Crippen LogP contribution in [0.1, 0.15) is 19.4 Å². The minimum absolute atomic E-state index is 0.444. The van der Waals surface area contributed by atoms with Gasteiger partial charge in [-0.05, 0) is 25.5 Å². The zero-order valence-electron chi connectivity index (χ0n) is 11.1. The number of hydrogen-bond acceptors (Lipinski definition) is 4. The third-order valence-corrected chi connectivity index (χ3v) is 4.32. The van der Waals surface area contributed by atoms with E-state index in [0.29, 0.717) is 5.15 Å². The van der Waals surface area contributed by atoms with Crippen LogP contribution in [-0.2, 0) is 5.60 Å². The average Bonchev–Trinajstić information content (AvgIpc) is 2.81. The maximum Gasteiger partial charge on any atom is 0.131 e. The molecular weight excluding hydrogens is 292 g/mol. The van der Waals surface area contributed by atoms with Gasteiger partial charge in [0.05, 0.1) is 15.8 Å². The molecule has 0 saturated heterocycles. The Morgan fingerprint density at radius 1 is 1.25 bits per heavy atom. The van der Waals surface area contributed by atoms with Crippen molar-refractivity contribution in [1.82, 2.24) is 9.97 Å². The van der Waals surface area contributed by atoms with Crippen LogP contribution in [0.25, 0.3) is 20.8 Å². The number of aromatic nitrogens is 2. The second-order valence-electron chi connectivity index (χ2n) is 5.13. The van der Waals surface area contributed by atoms with Crippen LogP contribution in [0.2, 0.25) is 5.15 Å². The molecule has 0 unspecified atom stereocenters. The predicted octanol–water partition coefficient (Wildman–Crippen LogP) is 4.24. The molecule has 0 atom stereocenters. The van der Waals surface area contributed by atoms with E-state index in [-0.39, 0.29) is 0 Å². The van der Waals surface area contributed by atoms with E-state index < -0.39 is 5.60 Å². The molecule has 102 valence electrons. The summed E-state index contributed by atoms with van der Waals surface area (Å²) in [6.07, 6.45) is 1.73. The lowest BCUT2D eigenvalue weighted by Crippen LogP contribution is -2.15. The largest absolute Gasteiger partial charge is 0.386 e. The van der Waals surface area contributed by atoms with Gasteiger partial charge in [-0.1, -0.05) is 29.8 Å². The van der Waals surface area contributed by atoms with Crippen LogP contribution < -0.4 is 0 Å². The van der Waals surface area contributed by atoms with Gasteiger partial charge in [-0.15, -0.1) is 11.3 Å². The summed E-state index contributed by atoms with van der Waals surface area (Å²) in [5.74, 6) is 0. The summed E-state index contributed by atoms with van der Waals surface area (Å²) in [4.78, 5) is 8.65. The van der Waals surface area contributed by atoms with Crippen molar-refractivity contribution in [2.24, 2.45) is 0 Å². The minimum Gasteiger partial charge on any atom is -0.386 e. The molecule has 2 aromatic heterocycles. The summed E-state index contributed by atoms with van der Waals surface area (Å²) in [5, 5.41) is 11.4. The van der Waals surface area contributed by atoms with Crippen molar-refractivity contribution in [2.75, 3.05) is 0 Å². The summed E-state index contributed by atoms with van der Waals surface area (Å²) in [5.41, 5.74) is 1.84. The van der Waals surface area contributed by atoms with E-state index in [0.717, 1.165) is 26.4 Å². The molecular formula is C15H13ClN2OS. The summed E-state index contributed by atoms with van der Waals surface area (Å²) >= 11 is 7.44. The van der Waals surface area contributed by atoms with Crippen LogP contribution >= 0.6 is 22.9 Å². The first-order valence-corrected chi connectivity index (χ1v) is 7.38. The monoisotopic (exact) mass is 304 g/mol. The van der Waals surface area contributed by atoms with E-state index in [4.69, 9.17) is 11.6 Å². The van der Waals surface area contributed by atoms with Crippen molar-refractivity contribution in [1.29, 1.82) is 0 Å². The molecule has 2 heterocycles. The molecule has 0 fully saturated rings. The molecule has 0 aliphatic carbocycles. The third kappa shape index (κ3) is 2.54. The molecule has 0 aliphatic rings. The number of benzene rings is 1. The molecule has 0 spiro atoms. The number of fused-ring (bicyclic) bond motifs is 1. The van der Waals surface area contributed by atoms with E-state index >= 15 is 0 Å². The summed E-state index contributed by atoms with van der Waals surface area (Å²) in [7, 11) is 0. The molecule has 0 bridgehead atoms. The summed E-state index contributed by atoms with van der Waals surface area (Å²) in [6.45, 7) is 3.54. The van der Waals surface area contributed by atoms with Crippen LogP contribution in [-0.4, -0.2) is 15.1 Å². The molecule has 5 heteroatoms. The van der Waals surface area contributed by atoms with Crippen molar-refractivity contribution in [3.8, 4) is 10.6 Å². The van der Waals surface area contributed by atoms with Gasteiger partial charge in [-0.3, -0.25) is 0 Å². The van der Waals surface area contributed by atoms with E-state index in [1.807, 2.05) is 24.3 Å². The molecule has 3 nitrogen and oxygen atoms in total. The standard InChI is InChI=1S/C15H13ClN2OS/c1-15(2,19)10-5-3-4-9(6-10)14-18-11-7-13(16)17-8-12(11)20-14/h3-8,19H,1-2H3. The van der Waals surface area contributed by atoms with E-state index in [1.165, 1.54) is 0 Å². The molecule has 1 N–H and O–H groups in total. The normalized spacial score (nSPS) is 12.0. The summed E-state index contributed by atoms with van der Waals surface area (Å²) < 4.78 is 0.998. The fourth-order valence-electron chi connectivity index (χ4n) is 1.97. The number of rotatable bonds is 2. The van der Waals surface area contributed by atoms with Gasteiger partial charge >= 0.3 is 0 Å². The third-order valence-electron chi connectivity index (χ3n) is 3.06. The van der Waals surface area contributed by atoms with E-state index in [2.05, 4.69) is 9.97 Å². The number of nitrogens with zero attached hydrogens (tertiary/aromatic N) is 2. The van der Waals surface area contributed by atoms with Crippen molar-refractivity contribution in [3.63, 3.8) is 0 Å². The lowest BCUT2D eigenvalue weighted by Gasteiger charge is -2.18. The highest BCUT2D eigenvalue weighted by atomic mass is 35.5. The smallest absolute Gasteiger partial charge is 0.131 e. The van der Waals surface area contributed by atoms with Crippen LogP contribution in [0.5, 0.6) is 0 Å². The zero-order chi connectivity index (χ0) is 14.3. The first-order valence-electron chi connectivity index (χ1n) is 6.19. The minimum atomic E-state index is -0.864. The van der Waals surface area contributed by atoms with Gasteiger partial charge in [0, 0.05) is 17.8 Å². The molecule has 1 aromatic carbocycles. The molecule has 0 radical (unpaired) electrons. The Morgan fingerprint density at radius 3 is 2.80 bits per heavy atom. The maximum absolute atomic E-state index is 10.1. The van der Waals surface area contributed by atoms with Crippen molar-refractivity contribution >= 4 is 33.2 Å². The molecule has 0 aliphatic heterocycles. The fourth-order valence-corrected chi connectivity index (χ4v) is 3.03. The van der Waals surface area contributed by atoms with Gasteiger partial charge in [0.25, 0.3) is 0 Å². The molecule has 3 aromatic rings. The highest BCUT2D eigenvalue weighted by Crippen LogP contribution is 2.32. The SMILES string of the molecule is CC(C)(O)c1cccc(-c2nc3cc(Cl)ncc3s2)c1. The number of hydrogen-bond donors (Lipinski definition) is 1. The van der Waals surface area contributed by atoms with Crippen molar-refractivity contribution < 1.29 is 5.11 Å².